The fraction of sp³-hybridized carbons (Fsp3) is 0.333. The number of rotatable bonds is 7. The number of hydrogen-bond donors (Lipinski definition) is 4. The van der Waals surface area contributed by atoms with Crippen molar-refractivity contribution in [1.82, 2.24) is 14.9 Å². The third-order valence-electron chi connectivity index (χ3n) is 5.73. The highest BCUT2D eigenvalue weighted by molar-refractivity contribution is 9.10. The maximum atomic E-state index is 13.1. The molecule has 10 nitrogen and oxygen atoms in total. The SMILES string of the molecule is Cc1nccc(C(=N)C(N)=O)c1NCC(=O)N1[C@@H]2C[C@@H]2C[C@H]1C(=O)Nc1cccc(Br)n1. The van der Waals surface area contributed by atoms with Gasteiger partial charge in [-0.3, -0.25) is 24.8 Å². The average Bonchev–Trinajstić information content (AvgIpc) is 3.41. The first kappa shape index (κ1) is 21.9. The summed E-state index contributed by atoms with van der Waals surface area (Å²) in [6.07, 6.45) is 2.97. The Balaban J connectivity index is 1.47. The van der Waals surface area contributed by atoms with Crippen molar-refractivity contribution in [1.29, 1.82) is 5.41 Å². The third kappa shape index (κ3) is 4.33. The molecule has 2 aromatic rings. The van der Waals surface area contributed by atoms with Gasteiger partial charge in [0, 0.05) is 17.8 Å². The van der Waals surface area contributed by atoms with Crippen molar-refractivity contribution >= 4 is 50.9 Å². The molecule has 3 atom stereocenters. The van der Waals surface area contributed by atoms with E-state index in [2.05, 4.69) is 36.5 Å². The zero-order chi connectivity index (χ0) is 23.0. The van der Waals surface area contributed by atoms with E-state index < -0.39 is 11.9 Å². The number of aryl methyl sites for hydroxylation is 1. The minimum atomic E-state index is -0.872. The molecule has 2 aliphatic rings. The molecule has 1 aliphatic carbocycles. The molecule has 32 heavy (non-hydrogen) atoms. The lowest BCUT2D eigenvalue weighted by molar-refractivity contribution is -0.136. The molecule has 2 aromatic heterocycles. The number of hydrogen-bond acceptors (Lipinski definition) is 7. The molecule has 166 valence electrons. The van der Waals surface area contributed by atoms with Gasteiger partial charge in [-0.1, -0.05) is 6.07 Å². The van der Waals surface area contributed by atoms with Crippen molar-refractivity contribution in [3.05, 3.63) is 46.3 Å². The Morgan fingerprint density at radius 3 is 2.78 bits per heavy atom. The smallest absolute Gasteiger partial charge is 0.267 e. The minimum absolute atomic E-state index is 0.0499. The van der Waals surface area contributed by atoms with Gasteiger partial charge >= 0.3 is 0 Å². The van der Waals surface area contributed by atoms with Gasteiger partial charge in [0.05, 0.1) is 17.9 Å². The third-order valence-corrected chi connectivity index (χ3v) is 6.18. The summed E-state index contributed by atoms with van der Waals surface area (Å²) >= 11 is 3.28. The number of nitrogens with two attached hydrogens (primary N) is 1. The lowest BCUT2D eigenvalue weighted by Crippen LogP contribution is -2.47. The van der Waals surface area contributed by atoms with Crippen LogP contribution in [-0.4, -0.2) is 56.9 Å². The number of carbonyl (C=O) groups is 3. The maximum absolute atomic E-state index is 13.1. The highest BCUT2D eigenvalue weighted by atomic mass is 79.9. The fourth-order valence-corrected chi connectivity index (χ4v) is 4.47. The summed E-state index contributed by atoms with van der Waals surface area (Å²) in [6.45, 7) is 1.60. The van der Waals surface area contributed by atoms with Crippen LogP contribution in [0.2, 0.25) is 0 Å². The molecule has 5 N–H and O–H groups in total. The number of likely N-dealkylation sites (tertiary alicyclic amines) is 1. The standard InChI is InChI=1S/C21H22BrN7O3/c1-10-19(12(5-6-25-10)18(23)20(24)31)26-9-17(30)29-13-7-11(13)8-14(29)21(32)28-16-4-2-3-15(22)27-16/h2-6,11,13-14,23,26H,7-9H2,1H3,(H2,24,31)(H,27,28,32)/t11-,13-,14+/m1/s1. The van der Waals surface area contributed by atoms with Gasteiger partial charge in [0.1, 0.15) is 22.2 Å². The summed E-state index contributed by atoms with van der Waals surface area (Å²) in [6, 6.07) is 6.19. The lowest BCUT2D eigenvalue weighted by atomic mass is 10.1. The van der Waals surface area contributed by atoms with Crippen LogP contribution in [0.1, 0.15) is 24.1 Å². The van der Waals surface area contributed by atoms with E-state index in [0.29, 0.717) is 34.1 Å². The van der Waals surface area contributed by atoms with E-state index in [1.807, 2.05) is 0 Å². The summed E-state index contributed by atoms with van der Waals surface area (Å²) in [7, 11) is 0. The molecule has 1 saturated heterocycles. The van der Waals surface area contributed by atoms with Crippen LogP contribution in [0.5, 0.6) is 0 Å². The van der Waals surface area contributed by atoms with Crippen LogP contribution < -0.4 is 16.4 Å². The van der Waals surface area contributed by atoms with Crippen LogP contribution >= 0.6 is 15.9 Å². The number of nitrogens with one attached hydrogen (secondary N) is 3. The van der Waals surface area contributed by atoms with Crippen LogP contribution in [0, 0.1) is 18.3 Å². The number of halogens is 1. The Morgan fingerprint density at radius 2 is 2.06 bits per heavy atom. The lowest BCUT2D eigenvalue weighted by Gasteiger charge is -2.27. The average molecular weight is 500 g/mol. The molecule has 0 aromatic carbocycles. The number of anilines is 2. The second-order valence-corrected chi connectivity index (χ2v) is 8.67. The first-order valence-electron chi connectivity index (χ1n) is 10.1. The van der Waals surface area contributed by atoms with Gasteiger partial charge in [-0.2, -0.15) is 0 Å². The van der Waals surface area contributed by atoms with Crippen LogP contribution in [0.4, 0.5) is 11.5 Å². The molecular weight excluding hydrogens is 478 g/mol. The van der Waals surface area contributed by atoms with E-state index in [0.717, 1.165) is 6.42 Å². The van der Waals surface area contributed by atoms with E-state index in [1.54, 1.807) is 30.0 Å². The highest BCUT2D eigenvalue weighted by Crippen LogP contribution is 2.48. The van der Waals surface area contributed by atoms with Gasteiger partial charge in [-0.05, 0) is 59.8 Å². The van der Waals surface area contributed by atoms with Gasteiger partial charge in [-0.25, -0.2) is 4.98 Å². The predicted molar refractivity (Wildman–Crippen MR) is 121 cm³/mol. The van der Waals surface area contributed by atoms with Gasteiger partial charge < -0.3 is 21.3 Å². The maximum Gasteiger partial charge on any atom is 0.267 e. The normalized spacial score (nSPS) is 20.9. The number of pyridine rings is 2. The molecule has 0 spiro atoms. The first-order chi connectivity index (χ1) is 15.3. The number of carbonyl (C=O) groups excluding carboxylic acids is 3. The van der Waals surface area contributed by atoms with E-state index in [9.17, 15) is 14.4 Å². The van der Waals surface area contributed by atoms with Crippen LogP contribution in [-0.2, 0) is 14.4 Å². The van der Waals surface area contributed by atoms with Crippen molar-refractivity contribution in [2.75, 3.05) is 17.2 Å². The molecule has 3 heterocycles. The second-order valence-electron chi connectivity index (χ2n) is 7.86. The number of aromatic nitrogens is 2. The molecular formula is C21H22BrN7O3. The first-order valence-corrected chi connectivity index (χ1v) is 10.9. The monoisotopic (exact) mass is 499 g/mol. The fourth-order valence-electron chi connectivity index (χ4n) is 4.12. The highest BCUT2D eigenvalue weighted by Gasteiger charge is 2.55. The Morgan fingerprint density at radius 1 is 1.28 bits per heavy atom. The molecule has 4 rings (SSSR count). The van der Waals surface area contributed by atoms with Crippen molar-refractivity contribution in [2.24, 2.45) is 11.7 Å². The van der Waals surface area contributed by atoms with E-state index in [1.165, 1.54) is 12.3 Å². The second kappa shape index (κ2) is 8.65. The van der Waals surface area contributed by atoms with Crippen molar-refractivity contribution in [2.45, 2.75) is 31.8 Å². The molecule has 1 aliphatic heterocycles. The summed E-state index contributed by atoms with van der Waals surface area (Å²) in [4.78, 5) is 47.5. The molecule has 2 fully saturated rings. The minimum Gasteiger partial charge on any atom is -0.374 e. The Bertz CT molecular complexity index is 1120. The summed E-state index contributed by atoms with van der Waals surface area (Å²) in [5, 5.41) is 13.7. The molecule has 11 heteroatoms. The Labute approximate surface area is 192 Å². The molecule has 3 amide bonds. The Hall–Kier alpha value is -3.34. The quantitative estimate of drug-likeness (QED) is 0.333. The molecule has 0 bridgehead atoms. The van der Waals surface area contributed by atoms with E-state index in [-0.39, 0.29) is 35.7 Å². The largest absolute Gasteiger partial charge is 0.374 e. The van der Waals surface area contributed by atoms with Gasteiger partial charge in [0.25, 0.3) is 5.91 Å². The number of primary amides is 1. The van der Waals surface area contributed by atoms with E-state index >= 15 is 0 Å². The van der Waals surface area contributed by atoms with Crippen molar-refractivity contribution in [3.63, 3.8) is 0 Å². The predicted octanol–water partition coefficient (Wildman–Crippen LogP) is 1.44. The number of amides is 3. The van der Waals surface area contributed by atoms with E-state index in [4.69, 9.17) is 11.1 Å². The zero-order valence-corrected chi connectivity index (χ0v) is 18.8. The molecule has 0 radical (unpaired) electrons. The topological polar surface area (TPSA) is 154 Å². The van der Waals surface area contributed by atoms with Crippen molar-refractivity contribution < 1.29 is 14.4 Å². The molecule has 1 saturated carbocycles. The number of nitrogens with zero attached hydrogens (tertiary/aromatic N) is 3. The summed E-state index contributed by atoms with van der Waals surface area (Å²) < 4.78 is 0.603. The van der Waals surface area contributed by atoms with Crippen LogP contribution in [0.3, 0.4) is 0 Å². The van der Waals surface area contributed by atoms with Crippen LogP contribution in [0.25, 0.3) is 0 Å². The van der Waals surface area contributed by atoms with Crippen molar-refractivity contribution in [3.8, 4) is 0 Å². The number of piperidine rings is 1. The van der Waals surface area contributed by atoms with Gasteiger partial charge in [-0.15, -0.1) is 0 Å². The van der Waals surface area contributed by atoms with Gasteiger partial charge in [0.15, 0.2) is 0 Å². The Kier molecular flexibility index (Phi) is 5.92. The van der Waals surface area contributed by atoms with Crippen LogP contribution in [0.15, 0.2) is 35.1 Å². The summed E-state index contributed by atoms with van der Waals surface area (Å²) in [5.74, 6) is -0.648. The molecule has 0 unspecified atom stereocenters. The summed E-state index contributed by atoms with van der Waals surface area (Å²) in [5.41, 5.74) is 6.09. The van der Waals surface area contributed by atoms with Gasteiger partial charge in [0.2, 0.25) is 11.8 Å². The number of fused-ring (bicyclic) bond motifs is 1. The zero-order valence-electron chi connectivity index (χ0n) is 17.3.